The normalized spacial score (nSPS) is 12.4. The van der Waals surface area contributed by atoms with Crippen LogP contribution >= 0.6 is 0 Å². The molecule has 0 atom stereocenters. The first-order chi connectivity index (χ1) is 20.6. The third kappa shape index (κ3) is 10.4. The molecule has 0 saturated carbocycles. The number of methoxy groups -OCH3 is 1. The largest absolute Gasteiger partial charge is 3.00 e. The third-order valence-corrected chi connectivity index (χ3v) is 8.45. The Morgan fingerprint density at radius 3 is 1.53 bits per heavy atom. The van der Waals surface area contributed by atoms with E-state index >= 15 is 0 Å². The zero-order valence-corrected chi connectivity index (χ0v) is 33.1. The molecule has 0 aromatic heterocycles. The molecule has 3 nitrogen and oxygen atoms in total. The summed E-state index contributed by atoms with van der Waals surface area (Å²) in [4.78, 5) is 4.12. The van der Waals surface area contributed by atoms with E-state index in [-0.39, 0.29) is 43.5 Å². The standard InChI is InChI=1S/C23H33O.2C9H12N.Y/c1-9-23(10-2,18-12-11-16(3)13-18)20-15-17(4)14-19(21(20)24-8)22(5,6)7;2*1-8-6-4-5-7-9(8)10(2)3;/h11,14-15H,9-10,12H2,1-8H3;2*4-7H,1H2,2-3H3;/q3*-1;+3. The van der Waals surface area contributed by atoms with Gasteiger partial charge in [-0.2, -0.15) is 42.7 Å². The summed E-state index contributed by atoms with van der Waals surface area (Å²) in [5.74, 6) is 1.07. The van der Waals surface area contributed by atoms with E-state index in [9.17, 15) is 0 Å². The first kappa shape index (κ1) is 40.4. The molecule has 0 fully saturated rings. The van der Waals surface area contributed by atoms with Gasteiger partial charge in [0.2, 0.25) is 0 Å². The van der Waals surface area contributed by atoms with Crippen molar-refractivity contribution in [1.82, 2.24) is 0 Å². The van der Waals surface area contributed by atoms with Gasteiger partial charge >= 0.3 is 32.7 Å². The molecule has 45 heavy (non-hydrogen) atoms. The Balaban J connectivity index is 0.000000396. The molecule has 0 radical (unpaired) electrons. The van der Waals surface area contributed by atoms with Crippen LogP contribution in [-0.2, 0) is 43.5 Å². The van der Waals surface area contributed by atoms with Crippen LogP contribution in [0.1, 0.15) is 88.6 Å². The fraction of sp³-hybridized carbons (Fsp3) is 0.415. The van der Waals surface area contributed by atoms with E-state index in [1.807, 2.05) is 71.7 Å². The molecule has 0 saturated heterocycles. The number of hydrogen-bond acceptors (Lipinski definition) is 3. The van der Waals surface area contributed by atoms with Crippen molar-refractivity contribution in [2.24, 2.45) is 0 Å². The molecule has 3 aromatic rings. The zero-order chi connectivity index (χ0) is 33.2. The summed E-state index contributed by atoms with van der Waals surface area (Å²) in [6.45, 7) is 23.5. The summed E-state index contributed by atoms with van der Waals surface area (Å²) in [7, 11) is 9.89. The molecule has 0 aliphatic heterocycles. The average molecular weight is 683 g/mol. The molecule has 0 amide bonds. The van der Waals surface area contributed by atoms with Crippen LogP contribution in [0.15, 0.2) is 77.9 Å². The molecule has 0 bridgehead atoms. The number of hydrogen-bond donors (Lipinski definition) is 0. The maximum absolute atomic E-state index is 6.00. The quantitative estimate of drug-likeness (QED) is 0.231. The number of aryl methyl sites for hydroxylation is 1. The molecular formula is C41H57N2OY. The first-order valence-corrected chi connectivity index (χ1v) is 15.8. The minimum atomic E-state index is 0. The van der Waals surface area contributed by atoms with Gasteiger partial charge in [-0.25, -0.2) is 17.7 Å². The number of anilines is 2. The van der Waals surface area contributed by atoms with Crippen LogP contribution in [0.5, 0.6) is 5.75 Å². The molecule has 4 rings (SSSR count). The van der Waals surface area contributed by atoms with Crippen molar-refractivity contribution >= 4 is 11.4 Å². The van der Waals surface area contributed by atoms with Gasteiger partial charge in [-0.05, 0) is 53.4 Å². The van der Waals surface area contributed by atoms with Crippen LogP contribution < -0.4 is 14.5 Å². The minimum Gasteiger partial charge on any atom is -0.496 e. The summed E-state index contributed by atoms with van der Waals surface area (Å²) in [6.07, 6.45) is 9.08. The SMILES string of the molecule is CCC(CC)(C1=[C-]C(C)=CC1)c1cc(C)cc(C(C)(C)C)c1OC.[CH2-]c1ccccc1N(C)C.[CH2-]c1ccccc1N(C)C.[Y+3]. The van der Waals surface area contributed by atoms with E-state index in [1.54, 1.807) is 0 Å². The van der Waals surface area contributed by atoms with Crippen LogP contribution in [0.25, 0.3) is 0 Å². The van der Waals surface area contributed by atoms with Crippen LogP contribution in [0.3, 0.4) is 0 Å². The van der Waals surface area contributed by atoms with Crippen LogP contribution in [0.4, 0.5) is 11.4 Å². The number of para-hydroxylation sites is 2. The van der Waals surface area contributed by atoms with Gasteiger partial charge in [-0.1, -0.05) is 101 Å². The van der Waals surface area contributed by atoms with Crippen molar-refractivity contribution in [3.63, 3.8) is 0 Å². The summed E-state index contributed by atoms with van der Waals surface area (Å²) in [6, 6.07) is 20.8. The number of allylic oxidation sites excluding steroid dienone is 4. The molecule has 0 N–H and O–H groups in total. The molecule has 4 heteroatoms. The number of nitrogens with zero attached hydrogens (tertiary/aromatic N) is 2. The molecule has 0 heterocycles. The Morgan fingerprint density at radius 1 is 0.778 bits per heavy atom. The van der Waals surface area contributed by atoms with Gasteiger partial charge in [0, 0.05) is 16.5 Å². The number of rotatable bonds is 7. The summed E-state index contributed by atoms with van der Waals surface area (Å²) in [5.41, 5.74) is 11.2. The topological polar surface area (TPSA) is 15.7 Å². The second-order valence-electron chi connectivity index (χ2n) is 13.2. The molecule has 1 aliphatic carbocycles. The molecule has 0 spiro atoms. The summed E-state index contributed by atoms with van der Waals surface area (Å²) >= 11 is 0. The molecule has 1 aliphatic rings. The maximum Gasteiger partial charge on any atom is 3.00 e. The maximum atomic E-state index is 6.00. The Kier molecular flexibility index (Phi) is 16.1. The van der Waals surface area contributed by atoms with E-state index in [2.05, 4.69) is 109 Å². The van der Waals surface area contributed by atoms with E-state index in [4.69, 9.17) is 4.74 Å². The Bertz CT molecular complexity index is 1370. The van der Waals surface area contributed by atoms with Crippen molar-refractivity contribution in [3.8, 4) is 5.75 Å². The van der Waals surface area contributed by atoms with Crippen LogP contribution in [-0.4, -0.2) is 35.3 Å². The van der Waals surface area contributed by atoms with Gasteiger partial charge in [0.15, 0.2) is 0 Å². The molecule has 3 aromatic carbocycles. The smallest absolute Gasteiger partial charge is 0.496 e. The Labute approximate surface area is 302 Å². The van der Waals surface area contributed by atoms with Crippen LogP contribution in [0, 0.1) is 26.8 Å². The Morgan fingerprint density at radius 2 is 1.22 bits per heavy atom. The number of benzene rings is 3. The van der Waals surface area contributed by atoms with Gasteiger partial charge in [0.1, 0.15) is 5.75 Å². The van der Waals surface area contributed by atoms with Crippen LogP contribution in [0.2, 0.25) is 0 Å². The monoisotopic (exact) mass is 682 g/mol. The van der Waals surface area contributed by atoms with Gasteiger partial charge in [0.25, 0.3) is 0 Å². The minimum absolute atomic E-state index is 0. The zero-order valence-electron chi connectivity index (χ0n) is 30.3. The van der Waals surface area contributed by atoms with Crippen molar-refractivity contribution in [2.45, 2.75) is 78.6 Å². The van der Waals surface area contributed by atoms with E-state index in [1.165, 1.54) is 39.2 Å². The van der Waals surface area contributed by atoms with Crippen molar-refractivity contribution in [3.05, 3.63) is 126 Å². The predicted molar refractivity (Wildman–Crippen MR) is 194 cm³/mol. The third-order valence-electron chi connectivity index (χ3n) is 8.45. The fourth-order valence-corrected chi connectivity index (χ4v) is 5.93. The second-order valence-corrected chi connectivity index (χ2v) is 13.2. The Hall–Kier alpha value is -2.62. The molecule has 240 valence electrons. The van der Waals surface area contributed by atoms with Crippen molar-refractivity contribution in [1.29, 1.82) is 0 Å². The predicted octanol–water partition coefficient (Wildman–Crippen LogP) is 10.3. The second kappa shape index (κ2) is 17.9. The van der Waals surface area contributed by atoms with E-state index < -0.39 is 0 Å². The van der Waals surface area contributed by atoms with Crippen molar-refractivity contribution in [2.75, 3.05) is 45.1 Å². The first-order valence-electron chi connectivity index (χ1n) is 15.8. The van der Waals surface area contributed by atoms with Gasteiger partial charge in [-0.3, -0.25) is 0 Å². The van der Waals surface area contributed by atoms with Gasteiger partial charge < -0.3 is 14.5 Å². The summed E-state index contributed by atoms with van der Waals surface area (Å²) in [5, 5.41) is 0. The van der Waals surface area contributed by atoms with E-state index in [0.29, 0.717) is 0 Å². The van der Waals surface area contributed by atoms with Gasteiger partial charge in [-0.15, -0.1) is 12.1 Å². The molecular weight excluding hydrogens is 625 g/mol. The summed E-state index contributed by atoms with van der Waals surface area (Å²) < 4.78 is 6.00. The average Bonchev–Trinajstić information content (AvgIpc) is 3.40. The molecule has 0 unspecified atom stereocenters. The van der Waals surface area contributed by atoms with Gasteiger partial charge in [0.05, 0.1) is 7.11 Å². The van der Waals surface area contributed by atoms with E-state index in [0.717, 1.165) is 36.1 Å². The van der Waals surface area contributed by atoms with Crippen molar-refractivity contribution < 1.29 is 37.4 Å². The fourth-order valence-electron chi connectivity index (χ4n) is 5.93. The number of ether oxygens (including phenoxy) is 1.